The quantitative estimate of drug-likeness (QED) is 0.207. The molecule has 1 fully saturated rings. The molecule has 178 valence electrons. The van der Waals surface area contributed by atoms with E-state index in [0.29, 0.717) is 23.1 Å². The number of rotatable bonds is 9. The number of nitrogens with one attached hydrogen (secondary N) is 1. The number of halogens is 1. The van der Waals surface area contributed by atoms with E-state index in [1.807, 2.05) is 13.0 Å². The molecule has 1 saturated heterocycles. The number of anilines is 1. The van der Waals surface area contributed by atoms with E-state index >= 15 is 4.39 Å². The minimum atomic E-state index is -1.57. The monoisotopic (exact) mass is 486 g/mol. The normalized spacial score (nSPS) is 23.0. The van der Waals surface area contributed by atoms with E-state index in [-0.39, 0.29) is 24.9 Å². The molecule has 0 aliphatic carbocycles. The van der Waals surface area contributed by atoms with Gasteiger partial charge in [-0.1, -0.05) is 25.1 Å². The van der Waals surface area contributed by atoms with Crippen LogP contribution in [0.1, 0.15) is 29.9 Å². The average Bonchev–Trinajstić information content (AvgIpc) is 3.41. The van der Waals surface area contributed by atoms with Crippen molar-refractivity contribution in [2.75, 3.05) is 18.5 Å². The summed E-state index contributed by atoms with van der Waals surface area (Å²) < 4.78 is 33.9. The summed E-state index contributed by atoms with van der Waals surface area (Å²) in [7, 11) is 0. The van der Waals surface area contributed by atoms with Gasteiger partial charge < -0.3 is 24.4 Å². The third-order valence-corrected chi connectivity index (χ3v) is 5.58. The fourth-order valence-electron chi connectivity index (χ4n) is 3.68. The Morgan fingerprint density at radius 2 is 2.15 bits per heavy atom. The number of imidazole rings is 1. The fraction of sp³-hybridized carbons (Fsp3) is 0.409. The number of aromatic nitrogens is 4. The molecule has 3 heterocycles. The van der Waals surface area contributed by atoms with Gasteiger partial charge in [0.05, 0.1) is 12.4 Å². The summed E-state index contributed by atoms with van der Waals surface area (Å²) in [5.41, 5.74) is 0.0668. The van der Waals surface area contributed by atoms with Gasteiger partial charge in [0, 0.05) is 5.56 Å². The maximum atomic E-state index is 15.5. The first-order chi connectivity index (χ1) is 16.5. The number of hydrogen-bond donors (Lipinski definition) is 2. The van der Waals surface area contributed by atoms with E-state index in [4.69, 9.17) is 20.8 Å². The average molecular weight is 487 g/mol. The third-order valence-electron chi connectivity index (χ3n) is 5.31. The zero-order valence-corrected chi connectivity index (χ0v) is 19.1. The highest BCUT2D eigenvalue weighted by atomic mass is 32.1. The van der Waals surface area contributed by atoms with Crippen LogP contribution in [0.2, 0.25) is 0 Å². The van der Waals surface area contributed by atoms with Gasteiger partial charge in [0.2, 0.25) is 12.2 Å². The fourth-order valence-corrected chi connectivity index (χ4v) is 3.93. The Kier molecular flexibility index (Phi) is 7.69. The van der Waals surface area contributed by atoms with Crippen molar-refractivity contribution < 1.29 is 23.4 Å². The summed E-state index contributed by atoms with van der Waals surface area (Å²) in [4.78, 5) is 28.4. The van der Waals surface area contributed by atoms with Crippen molar-refractivity contribution in [2.45, 2.75) is 43.6 Å². The lowest BCUT2D eigenvalue weighted by atomic mass is 10.1. The van der Waals surface area contributed by atoms with Gasteiger partial charge in [-0.3, -0.25) is 9.36 Å². The highest BCUT2D eigenvalue weighted by molar-refractivity contribution is 7.80. The maximum absolute atomic E-state index is 15.5. The van der Waals surface area contributed by atoms with Crippen molar-refractivity contribution in [2.24, 2.45) is 0 Å². The number of ether oxygens (including phenoxy) is 3. The molecule has 1 aromatic carbocycles. The van der Waals surface area contributed by atoms with Crippen LogP contribution in [0, 0.1) is 6.57 Å². The summed E-state index contributed by atoms with van der Waals surface area (Å²) in [6.45, 7) is 8.93. The maximum Gasteiger partial charge on any atom is 0.256 e. The number of nitrogens with zero attached hydrogens (tertiary/aromatic N) is 5. The zero-order chi connectivity index (χ0) is 24.1. The number of carbonyl (C=O) groups excluding carboxylic acids is 1. The van der Waals surface area contributed by atoms with E-state index in [1.54, 1.807) is 24.3 Å². The Balaban J connectivity index is 1.54. The highest BCUT2D eigenvalue weighted by Gasteiger charge is 2.47. The summed E-state index contributed by atoms with van der Waals surface area (Å²) >= 11 is 4.19. The molecule has 1 aliphatic heterocycles. The summed E-state index contributed by atoms with van der Waals surface area (Å²) in [6, 6.07) is 8.68. The second-order valence-corrected chi connectivity index (χ2v) is 7.87. The molecule has 4 rings (SSSR count). The molecular formula is C22H23FN6O4S. The van der Waals surface area contributed by atoms with Gasteiger partial charge in [0.25, 0.3) is 5.91 Å². The summed E-state index contributed by atoms with van der Waals surface area (Å²) in [5, 5.41) is 2.72. The number of carbonyl (C=O) groups is 1. The Labute approximate surface area is 200 Å². The molecule has 5 atom stereocenters. The second kappa shape index (κ2) is 10.9. The minimum absolute atomic E-state index is 0.128. The highest BCUT2D eigenvalue weighted by Crippen LogP contribution is 2.37. The van der Waals surface area contributed by atoms with Crippen molar-refractivity contribution in [1.82, 2.24) is 19.5 Å². The van der Waals surface area contributed by atoms with Crippen LogP contribution in [0.5, 0.6) is 0 Å². The first-order valence-corrected chi connectivity index (χ1v) is 11.2. The first-order valence-electron chi connectivity index (χ1n) is 10.6. The predicted octanol–water partition coefficient (Wildman–Crippen LogP) is 3.26. The molecule has 3 aromatic rings. The smallest absolute Gasteiger partial charge is 0.256 e. The lowest BCUT2D eigenvalue weighted by molar-refractivity contribution is -0.137. The molecule has 12 heteroatoms. The van der Waals surface area contributed by atoms with Crippen LogP contribution in [0.15, 0.2) is 43.0 Å². The van der Waals surface area contributed by atoms with Crippen LogP contribution in [0.4, 0.5) is 10.2 Å². The molecular weight excluding hydrogens is 463 g/mol. The topological polar surface area (TPSA) is 105 Å². The van der Waals surface area contributed by atoms with Gasteiger partial charge >= 0.3 is 0 Å². The minimum Gasteiger partial charge on any atom is -0.349 e. The first kappa shape index (κ1) is 24.0. The van der Waals surface area contributed by atoms with Gasteiger partial charge in [-0.15, -0.1) is 12.6 Å². The molecule has 1 N–H and O–H groups in total. The lowest BCUT2D eigenvalue weighted by Gasteiger charge is -2.22. The van der Waals surface area contributed by atoms with Gasteiger partial charge in [-0.05, 0) is 18.6 Å². The number of fused-ring (bicyclic) bond motifs is 1. The van der Waals surface area contributed by atoms with E-state index in [2.05, 4.69) is 37.7 Å². The Morgan fingerprint density at radius 3 is 2.88 bits per heavy atom. The second-order valence-electron chi connectivity index (χ2n) is 7.44. The number of hydrogen-bond acceptors (Lipinski definition) is 8. The molecule has 1 amide bonds. The standard InChI is InChI=1S/C22H23FN6O4S/c1-3-14-17(33-22(34)31-10-9-24-2)15(23)21(32-14)29-12-27-16-18(25-11-26-19(16)29)28-20(30)13-7-5-4-6-8-13/h4-8,11-12,14-15,17,21-22,34H,3,9-10H2,1H3,(H,25,26,28,30)/t14-,15-,17-,21?,22?/m1/s1. The van der Waals surface area contributed by atoms with Crippen molar-refractivity contribution in [3.8, 4) is 0 Å². The SMILES string of the molecule is [C-]#[N+]CCOC(S)O[C@@H]1[C@@H](CC)OC(n2cnc3c(NC(=O)c4ccccc4)ncnc32)[C@@H]1F. The van der Waals surface area contributed by atoms with Crippen LogP contribution in [-0.4, -0.2) is 62.6 Å². The van der Waals surface area contributed by atoms with E-state index < -0.39 is 30.2 Å². The van der Waals surface area contributed by atoms with Gasteiger partial charge in [0.1, 0.15) is 19.0 Å². The summed E-state index contributed by atoms with van der Waals surface area (Å²) in [5.74, 6) is -0.150. The lowest BCUT2D eigenvalue weighted by Crippen LogP contribution is -2.35. The van der Waals surface area contributed by atoms with Crippen LogP contribution in [0.3, 0.4) is 0 Å². The number of alkyl halides is 1. The molecule has 0 radical (unpaired) electrons. The van der Waals surface area contributed by atoms with E-state index in [1.165, 1.54) is 17.2 Å². The molecule has 34 heavy (non-hydrogen) atoms. The molecule has 2 aromatic heterocycles. The Morgan fingerprint density at radius 1 is 1.35 bits per heavy atom. The summed E-state index contributed by atoms with van der Waals surface area (Å²) in [6.07, 6.45) is -0.977. The molecule has 10 nitrogen and oxygen atoms in total. The predicted molar refractivity (Wildman–Crippen MR) is 124 cm³/mol. The van der Waals surface area contributed by atoms with Crippen LogP contribution in [0.25, 0.3) is 16.0 Å². The number of benzene rings is 1. The Hall–Kier alpha value is -3.11. The van der Waals surface area contributed by atoms with E-state index in [0.717, 1.165) is 0 Å². The van der Waals surface area contributed by atoms with Crippen molar-refractivity contribution in [1.29, 1.82) is 0 Å². The molecule has 2 unspecified atom stereocenters. The van der Waals surface area contributed by atoms with Gasteiger partial charge in [0.15, 0.2) is 29.4 Å². The van der Waals surface area contributed by atoms with Crippen molar-refractivity contribution >= 4 is 35.5 Å². The number of amides is 1. The molecule has 0 spiro atoms. The van der Waals surface area contributed by atoms with E-state index in [9.17, 15) is 4.79 Å². The zero-order valence-electron chi connectivity index (χ0n) is 18.2. The van der Waals surface area contributed by atoms with Gasteiger partial charge in [-0.2, -0.15) is 0 Å². The largest absolute Gasteiger partial charge is 0.349 e. The number of thiol groups is 1. The molecule has 1 aliphatic rings. The molecule has 0 saturated carbocycles. The van der Waals surface area contributed by atoms with Crippen LogP contribution in [-0.2, 0) is 14.2 Å². The van der Waals surface area contributed by atoms with Crippen LogP contribution >= 0.6 is 12.6 Å². The van der Waals surface area contributed by atoms with Crippen molar-refractivity contribution in [3.63, 3.8) is 0 Å². The van der Waals surface area contributed by atoms with Crippen LogP contribution < -0.4 is 5.32 Å². The Bertz CT molecular complexity index is 1170. The molecule has 0 bridgehead atoms. The van der Waals surface area contributed by atoms with Gasteiger partial charge in [-0.25, -0.2) is 25.9 Å². The third kappa shape index (κ3) is 5.02. The van der Waals surface area contributed by atoms with Crippen molar-refractivity contribution in [3.05, 3.63) is 60.0 Å².